The molecule has 0 fully saturated rings. The molecule has 0 bridgehead atoms. The largest absolute Gasteiger partial charge is 0.381 e. The lowest BCUT2D eigenvalue weighted by molar-refractivity contribution is 0.590. The molecule has 2 rings (SSSR count). The molecule has 0 amide bonds. The molecule has 0 aliphatic rings. The van der Waals surface area contributed by atoms with E-state index >= 15 is 0 Å². The van der Waals surface area contributed by atoms with Crippen LogP contribution in [0, 0.1) is 12.3 Å². The monoisotopic (exact) mass is 263 g/mol. The van der Waals surface area contributed by atoms with E-state index in [4.69, 9.17) is 6.42 Å². The van der Waals surface area contributed by atoms with Crippen LogP contribution in [0.15, 0.2) is 48.5 Å². The smallest absolute Gasteiger partial charge is 0.0400 e. The number of benzene rings is 2. The van der Waals surface area contributed by atoms with Gasteiger partial charge in [0.2, 0.25) is 0 Å². The van der Waals surface area contributed by atoms with Crippen molar-refractivity contribution in [1.82, 2.24) is 0 Å². The minimum absolute atomic E-state index is 0.201. The SMILES string of the molecule is C#Cc1cccc(NCc2ccc(C(C)(C)C)cc2)c1. The Hall–Kier alpha value is -2.20. The topological polar surface area (TPSA) is 12.0 Å². The van der Waals surface area contributed by atoms with E-state index < -0.39 is 0 Å². The van der Waals surface area contributed by atoms with Crippen LogP contribution in [0.3, 0.4) is 0 Å². The Morgan fingerprint density at radius 3 is 2.35 bits per heavy atom. The van der Waals surface area contributed by atoms with Gasteiger partial charge in [-0.15, -0.1) is 6.42 Å². The third-order valence-corrected chi connectivity index (χ3v) is 3.35. The molecule has 1 N–H and O–H groups in total. The summed E-state index contributed by atoms with van der Waals surface area (Å²) < 4.78 is 0. The van der Waals surface area contributed by atoms with E-state index in [2.05, 4.69) is 56.3 Å². The zero-order valence-corrected chi connectivity index (χ0v) is 12.4. The summed E-state index contributed by atoms with van der Waals surface area (Å²) in [5.41, 5.74) is 4.78. The maximum absolute atomic E-state index is 5.41. The Morgan fingerprint density at radius 2 is 1.75 bits per heavy atom. The van der Waals surface area contributed by atoms with Crippen LogP contribution in [0.2, 0.25) is 0 Å². The van der Waals surface area contributed by atoms with Crippen LogP contribution in [0.4, 0.5) is 5.69 Å². The highest BCUT2D eigenvalue weighted by Crippen LogP contribution is 2.22. The zero-order valence-electron chi connectivity index (χ0n) is 12.4. The first-order valence-corrected chi connectivity index (χ1v) is 6.89. The first kappa shape index (κ1) is 14.2. The van der Waals surface area contributed by atoms with E-state index in [-0.39, 0.29) is 5.41 Å². The van der Waals surface area contributed by atoms with Crippen molar-refractivity contribution in [3.63, 3.8) is 0 Å². The van der Waals surface area contributed by atoms with Gasteiger partial charge in [-0.05, 0) is 34.7 Å². The number of nitrogens with one attached hydrogen (secondary N) is 1. The lowest BCUT2D eigenvalue weighted by atomic mass is 9.87. The zero-order chi connectivity index (χ0) is 14.6. The lowest BCUT2D eigenvalue weighted by Crippen LogP contribution is -2.11. The number of terminal acetylenes is 1. The van der Waals surface area contributed by atoms with Gasteiger partial charge in [0.05, 0.1) is 0 Å². The van der Waals surface area contributed by atoms with Crippen molar-refractivity contribution in [1.29, 1.82) is 0 Å². The summed E-state index contributed by atoms with van der Waals surface area (Å²) in [4.78, 5) is 0. The molecule has 0 aliphatic carbocycles. The summed E-state index contributed by atoms with van der Waals surface area (Å²) in [6.07, 6.45) is 5.41. The summed E-state index contributed by atoms with van der Waals surface area (Å²) >= 11 is 0. The summed E-state index contributed by atoms with van der Waals surface area (Å²) in [5.74, 6) is 2.65. The summed E-state index contributed by atoms with van der Waals surface area (Å²) in [5, 5.41) is 3.40. The molecule has 0 aliphatic heterocycles. The maximum atomic E-state index is 5.41. The quantitative estimate of drug-likeness (QED) is 0.799. The van der Waals surface area contributed by atoms with Crippen LogP contribution < -0.4 is 5.32 Å². The highest BCUT2D eigenvalue weighted by atomic mass is 14.9. The van der Waals surface area contributed by atoms with Crippen molar-refractivity contribution < 1.29 is 0 Å². The Bertz CT molecular complexity index is 609. The van der Waals surface area contributed by atoms with Crippen LogP contribution in [-0.4, -0.2) is 0 Å². The van der Waals surface area contributed by atoms with Gasteiger partial charge in [-0.2, -0.15) is 0 Å². The van der Waals surface area contributed by atoms with E-state index in [9.17, 15) is 0 Å². The molecule has 0 saturated carbocycles. The molecule has 0 atom stereocenters. The van der Waals surface area contributed by atoms with Crippen LogP contribution in [0.5, 0.6) is 0 Å². The molecule has 1 nitrogen and oxygen atoms in total. The number of anilines is 1. The molecule has 0 heterocycles. The third kappa shape index (κ3) is 3.65. The molecule has 0 saturated heterocycles. The summed E-state index contributed by atoms with van der Waals surface area (Å²) in [7, 11) is 0. The second kappa shape index (κ2) is 5.84. The van der Waals surface area contributed by atoms with Gasteiger partial charge < -0.3 is 5.32 Å². The van der Waals surface area contributed by atoms with Crippen molar-refractivity contribution in [2.24, 2.45) is 0 Å². The minimum atomic E-state index is 0.201. The van der Waals surface area contributed by atoms with Gasteiger partial charge in [-0.3, -0.25) is 0 Å². The molecule has 0 aromatic heterocycles. The highest BCUT2D eigenvalue weighted by molar-refractivity contribution is 5.50. The highest BCUT2D eigenvalue weighted by Gasteiger charge is 2.12. The van der Waals surface area contributed by atoms with E-state index in [1.807, 2.05) is 24.3 Å². The molecule has 0 spiro atoms. The number of rotatable bonds is 3. The standard InChI is InChI=1S/C19H21N/c1-5-15-7-6-8-18(13-15)20-14-16-9-11-17(12-10-16)19(2,3)4/h1,6-13,20H,14H2,2-4H3. The average Bonchev–Trinajstić information content (AvgIpc) is 2.45. The van der Waals surface area contributed by atoms with E-state index in [0.29, 0.717) is 0 Å². The van der Waals surface area contributed by atoms with Crippen LogP contribution in [0.1, 0.15) is 37.5 Å². The Balaban J connectivity index is 2.02. The van der Waals surface area contributed by atoms with E-state index in [1.54, 1.807) is 0 Å². The fraction of sp³-hybridized carbons (Fsp3) is 0.263. The lowest BCUT2D eigenvalue weighted by Gasteiger charge is -2.19. The third-order valence-electron chi connectivity index (χ3n) is 3.35. The molecule has 1 heteroatoms. The van der Waals surface area contributed by atoms with Gasteiger partial charge in [0, 0.05) is 17.8 Å². The molecule has 0 unspecified atom stereocenters. The number of hydrogen-bond donors (Lipinski definition) is 1. The second-order valence-corrected chi connectivity index (χ2v) is 6.03. The van der Waals surface area contributed by atoms with Crippen molar-refractivity contribution in [2.75, 3.05) is 5.32 Å². The molecule has 102 valence electrons. The van der Waals surface area contributed by atoms with Gasteiger partial charge >= 0.3 is 0 Å². The van der Waals surface area contributed by atoms with E-state index in [0.717, 1.165) is 17.8 Å². The second-order valence-electron chi connectivity index (χ2n) is 6.03. The van der Waals surface area contributed by atoms with Crippen LogP contribution in [-0.2, 0) is 12.0 Å². The van der Waals surface area contributed by atoms with Gasteiger partial charge in [0.1, 0.15) is 0 Å². The molecule has 2 aromatic carbocycles. The Morgan fingerprint density at radius 1 is 1.05 bits per heavy atom. The number of hydrogen-bond acceptors (Lipinski definition) is 1. The van der Waals surface area contributed by atoms with Crippen LogP contribution in [0.25, 0.3) is 0 Å². The normalized spacial score (nSPS) is 10.9. The van der Waals surface area contributed by atoms with Crippen molar-refractivity contribution in [3.05, 3.63) is 65.2 Å². The fourth-order valence-electron chi connectivity index (χ4n) is 2.05. The van der Waals surface area contributed by atoms with Crippen molar-refractivity contribution in [2.45, 2.75) is 32.7 Å². The van der Waals surface area contributed by atoms with Crippen molar-refractivity contribution in [3.8, 4) is 12.3 Å². The van der Waals surface area contributed by atoms with Gasteiger partial charge in [0.15, 0.2) is 0 Å². The first-order valence-electron chi connectivity index (χ1n) is 6.89. The minimum Gasteiger partial charge on any atom is -0.381 e. The Kier molecular flexibility index (Phi) is 4.15. The fourth-order valence-corrected chi connectivity index (χ4v) is 2.05. The van der Waals surface area contributed by atoms with Crippen LogP contribution >= 0.6 is 0 Å². The molecule has 2 aromatic rings. The molecule has 0 radical (unpaired) electrons. The molecular weight excluding hydrogens is 242 g/mol. The maximum Gasteiger partial charge on any atom is 0.0400 e. The predicted molar refractivity (Wildman–Crippen MR) is 86.8 cm³/mol. The average molecular weight is 263 g/mol. The molecular formula is C19H21N. The first-order chi connectivity index (χ1) is 9.49. The van der Waals surface area contributed by atoms with E-state index in [1.165, 1.54) is 11.1 Å². The predicted octanol–water partition coefficient (Wildman–Crippen LogP) is 4.58. The summed E-state index contributed by atoms with van der Waals surface area (Å²) in [6.45, 7) is 7.49. The van der Waals surface area contributed by atoms with Crippen molar-refractivity contribution >= 4 is 5.69 Å². The molecule has 20 heavy (non-hydrogen) atoms. The Labute approximate surface area is 122 Å². The van der Waals surface area contributed by atoms with Gasteiger partial charge in [-0.1, -0.05) is 57.0 Å². The van der Waals surface area contributed by atoms with Gasteiger partial charge in [-0.25, -0.2) is 0 Å². The van der Waals surface area contributed by atoms with Gasteiger partial charge in [0.25, 0.3) is 0 Å². The summed E-state index contributed by atoms with van der Waals surface area (Å²) in [6, 6.07) is 16.7.